The Morgan fingerprint density at radius 1 is 1.21 bits per heavy atom. The monoisotopic (exact) mass is 326 g/mol. The van der Waals surface area contributed by atoms with Crippen molar-refractivity contribution in [3.63, 3.8) is 0 Å². The molecular weight excluding hydrogens is 303 g/mol. The highest BCUT2D eigenvalue weighted by atomic mass is 19.1. The highest BCUT2D eigenvalue weighted by Gasteiger charge is 2.27. The molecule has 2 aromatic rings. The van der Waals surface area contributed by atoms with Gasteiger partial charge in [-0.2, -0.15) is 0 Å². The SMILES string of the molecule is Cc1ccc(NC(=O)CN2CCCC2c2ccc(F)cc2)c(C)c1. The van der Waals surface area contributed by atoms with Crippen LogP contribution >= 0.6 is 0 Å². The van der Waals surface area contributed by atoms with Crippen molar-refractivity contribution in [3.8, 4) is 0 Å². The zero-order chi connectivity index (χ0) is 17.1. The van der Waals surface area contributed by atoms with E-state index >= 15 is 0 Å². The minimum absolute atomic E-state index is 0.00374. The Morgan fingerprint density at radius 2 is 1.96 bits per heavy atom. The third-order valence-electron chi connectivity index (χ3n) is 4.62. The highest BCUT2D eigenvalue weighted by molar-refractivity contribution is 5.93. The zero-order valence-electron chi connectivity index (χ0n) is 14.2. The molecule has 2 aromatic carbocycles. The largest absolute Gasteiger partial charge is 0.325 e. The second-order valence-electron chi connectivity index (χ2n) is 6.55. The fourth-order valence-corrected chi connectivity index (χ4v) is 3.41. The van der Waals surface area contributed by atoms with E-state index in [0.29, 0.717) is 6.54 Å². The second-order valence-corrected chi connectivity index (χ2v) is 6.55. The summed E-state index contributed by atoms with van der Waals surface area (Å²) in [6.45, 7) is 5.29. The average molecular weight is 326 g/mol. The lowest BCUT2D eigenvalue weighted by Gasteiger charge is -2.24. The molecule has 0 aromatic heterocycles. The van der Waals surface area contributed by atoms with Crippen LogP contribution in [0.3, 0.4) is 0 Å². The number of aryl methyl sites for hydroxylation is 2. The first-order valence-corrected chi connectivity index (χ1v) is 8.39. The Morgan fingerprint density at radius 3 is 2.67 bits per heavy atom. The van der Waals surface area contributed by atoms with Crippen LogP contribution in [-0.4, -0.2) is 23.9 Å². The van der Waals surface area contributed by atoms with Crippen LogP contribution in [-0.2, 0) is 4.79 Å². The average Bonchev–Trinajstić information content (AvgIpc) is 2.99. The number of amides is 1. The maximum Gasteiger partial charge on any atom is 0.238 e. The van der Waals surface area contributed by atoms with Gasteiger partial charge in [0.05, 0.1) is 6.54 Å². The number of likely N-dealkylation sites (tertiary alicyclic amines) is 1. The molecule has 4 heteroatoms. The summed E-state index contributed by atoms with van der Waals surface area (Å²) >= 11 is 0. The summed E-state index contributed by atoms with van der Waals surface area (Å²) < 4.78 is 13.1. The van der Waals surface area contributed by atoms with Crippen molar-refractivity contribution < 1.29 is 9.18 Å². The lowest BCUT2D eigenvalue weighted by molar-refractivity contribution is -0.117. The van der Waals surface area contributed by atoms with Crippen LogP contribution in [0.2, 0.25) is 0 Å². The van der Waals surface area contributed by atoms with Crippen LogP contribution in [0, 0.1) is 19.7 Å². The van der Waals surface area contributed by atoms with Gasteiger partial charge in [-0.1, -0.05) is 29.8 Å². The first kappa shape index (κ1) is 16.7. The van der Waals surface area contributed by atoms with Gasteiger partial charge in [0, 0.05) is 11.7 Å². The van der Waals surface area contributed by atoms with Crippen molar-refractivity contribution in [3.05, 3.63) is 65.0 Å². The predicted molar refractivity (Wildman–Crippen MR) is 94.5 cm³/mol. The predicted octanol–water partition coefficient (Wildman–Crippen LogP) is 4.22. The van der Waals surface area contributed by atoms with Gasteiger partial charge >= 0.3 is 0 Å². The number of halogens is 1. The number of rotatable bonds is 4. The summed E-state index contributed by atoms with van der Waals surface area (Å²) in [6, 6.07) is 12.8. The molecule has 1 aliphatic heterocycles. The van der Waals surface area contributed by atoms with Crippen molar-refractivity contribution in [2.45, 2.75) is 32.7 Å². The fourth-order valence-electron chi connectivity index (χ4n) is 3.41. The van der Waals surface area contributed by atoms with E-state index in [-0.39, 0.29) is 17.8 Å². The molecule has 0 spiro atoms. The summed E-state index contributed by atoms with van der Waals surface area (Å²) in [5.41, 5.74) is 4.19. The van der Waals surface area contributed by atoms with Gasteiger partial charge in [-0.15, -0.1) is 0 Å². The minimum atomic E-state index is -0.226. The molecule has 1 N–H and O–H groups in total. The van der Waals surface area contributed by atoms with Gasteiger partial charge < -0.3 is 5.32 Å². The Kier molecular flexibility index (Phi) is 4.95. The lowest BCUT2D eigenvalue weighted by Crippen LogP contribution is -2.33. The smallest absolute Gasteiger partial charge is 0.238 e. The molecule has 0 radical (unpaired) electrons. The molecule has 3 rings (SSSR count). The van der Waals surface area contributed by atoms with Gasteiger partial charge in [0.25, 0.3) is 0 Å². The highest BCUT2D eigenvalue weighted by Crippen LogP contribution is 2.31. The first-order chi connectivity index (χ1) is 11.5. The molecule has 1 saturated heterocycles. The van der Waals surface area contributed by atoms with Gasteiger partial charge in [0.1, 0.15) is 5.82 Å². The van der Waals surface area contributed by atoms with E-state index in [9.17, 15) is 9.18 Å². The van der Waals surface area contributed by atoms with E-state index in [1.165, 1.54) is 17.7 Å². The third-order valence-corrected chi connectivity index (χ3v) is 4.62. The van der Waals surface area contributed by atoms with Crippen LogP contribution in [0.1, 0.15) is 35.6 Å². The van der Waals surface area contributed by atoms with Crippen LogP contribution < -0.4 is 5.32 Å². The van der Waals surface area contributed by atoms with E-state index < -0.39 is 0 Å². The lowest BCUT2D eigenvalue weighted by atomic mass is 10.0. The maximum atomic E-state index is 13.1. The molecule has 1 atom stereocenters. The molecule has 3 nitrogen and oxygen atoms in total. The van der Waals surface area contributed by atoms with Crippen molar-refractivity contribution in [2.24, 2.45) is 0 Å². The minimum Gasteiger partial charge on any atom is -0.325 e. The fraction of sp³-hybridized carbons (Fsp3) is 0.350. The Labute approximate surface area is 142 Å². The molecule has 1 amide bonds. The van der Waals surface area contributed by atoms with E-state index in [4.69, 9.17) is 0 Å². The summed E-state index contributed by atoms with van der Waals surface area (Å²) in [7, 11) is 0. The number of carbonyl (C=O) groups is 1. The number of carbonyl (C=O) groups excluding carboxylic acids is 1. The standard InChI is InChI=1S/C20H23FN2O/c1-14-5-10-18(15(2)12-14)22-20(24)13-23-11-3-4-19(23)16-6-8-17(21)9-7-16/h5-10,12,19H,3-4,11,13H2,1-2H3,(H,22,24). The van der Waals surface area contributed by atoms with Crippen LogP contribution in [0.15, 0.2) is 42.5 Å². The van der Waals surface area contributed by atoms with Crippen LogP contribution in [0.5, 0.6) is 0 Å². The molecule has 1 aliphatic rings. The van der Waals surface area contributed by atoms with E-state index in [1.54, 1.807) is 0 Å². The number of anilines is 1. The number of hydrogen-bond acceptors (Lipinski definition) is 2. The van der Waals surface area contributed by atoms with Gasteiger partial charge in [0.15, 0.2) is 0 Å². The normalized spacial score (nSPS) is 17.9. The topological polar surface area (TPSA) is 32.3 Å². The van der Waals surface area contributed by atoms with E-state index in [2.05, 4.69) is 16.3 Å². The van der Waals surface area contributed by atoms with E-state index in [0.717, 1.165) is 36.2 Å². The second kappa shape index (κ2) is 7.14. The first-order valence-electron chi connectivity index (χ1n) is 8.39. The van der Waals surface area contributed by atoms with Crippen LogP contribution in [0.4, 0.5) is 10.1 Å². The molecule has 0 saturated carbocycles. The van der Waals surface area contributed by atoms with Crippen molar-refractivity contribution in [1.82, 2.24) is 4.90 Å². The number of nitrogens with one attached hydrogen (secondary N) is 1. The summed E-state index contributed by atoms with van der Waals surface area (Å²) in [5, 5.41) is 3.00. The Bertz CT molecular complexity index is 727. The molecule has 0 bridgehead atoms. The quantitative estimate of drug-likeness (QED) is 0.912. The van der Waals surface area contributed by atoms with Crippen molar-refractivity contribution in [2.75, 3.05) is 18.4 Å². The van der Waals surface area contributed by atoms with Crippen molar-refractivity contribution in [1.29, 1.82) is 0 Å². The molecular formula is C20H23FN2O. The van der Waals surface area contributed by atoms with Gasteiger partial charge in [-0.05, 0) is 62.6 Å². The molecule has 0 aliphatic carbocycles. The molecule has 126 valence electrons. The summed E-state index contributed by atoms with van der Waals surface area (Å²) in [5.74, 6) is -0.230. The van der Waals surface area contributed by atoms with Gasteiger partial charge in [0.2, 0.25) is 5.91 Å². The zero-order valence-corrected chi connectivity index (χ0v) is 14.2. The maximum absolute atomic E-state index is 13.1. The summed E-state index contributed by atoms with van der Waals surface area (Å²) in [6.07, 6.45) is 2.06. The van der Waals surface area contributed by atoms with Crippen molar-refractivity contribution >= 4 is 11.6 Å². The number of benzene rings is 2. The molecule has 1 unspecified atom stereocenters. The number of hydrogen-bond donors (Lipinski definition) is 1. The number of nitrogens with zero attached hydrogens (tertiary/aromatic N) is 1. The molecule has 24 heavy (non-hydrogen) atoms. The van der Waals surface area contributed by atoms with Gasteiger partial charge in [-0.3, -0.25) is 9.69 Å². The molecule has 1 fully saturated rings. The Hall–Kier alpha value is -2.20. The van der Waals surface area contributed by atoms with E-state index in [1.807, 2.05) is 38.1 Å². The Balaban J connectivity index is 1.65. The summed E-state index contributed by atoms with van der Waals surface area (Å²) in [4.78, 5) is 14.6. The molecule has 1 heterocycles. The van der Waals surface area contributed by atoms with Crippen LogP contribution in [0.25, 0.3) is 0 Å². The third kappa shape index (κ3) is 3.82. The van der Waals surface area contributed by atoms with Gasteiger partial charge in [-0.25, -0.2) is 4.39 Å².